The van der Waals surface area contributed by atoms with Gasteiger partial charge in [0.05, 0.1) is 6.54 Å². The Morgan fingerprint density at radius 3 is 2.37 bits per heavy atom. The van der Waals surface area contributed by atoms with Gasteiger partial charge in [-0.05, 0) is 38.5 Å². The van der Waals surface area contributed by atoms with Gasteiger partial charge in [-0.1, -0.05) is 15.9 Å². The van der Waals surface area contributed by atoms with Crippen LogP contribution < -0.4 is 11.1 Å². The van der Waals surface area contributed by atoms with Crippen molar-refractivity contribution in [3.63, 3.8) is 0 Å². The van der Waals surface area contributed by atoms with Gasteiger partial charge >= 0.3 is 0 Å². The maximum absolute atomic E-state index is 13.1. The van der Waals surface area contributed by atoms with E-state index in [1.54, 1.807) is 0 Å². The summed E-state index contributed by atoms with van der Waals surface area (Å²) in [4.78, 5) is 4.08. The van der Waals surface area contributed by atoms with Gasteiger partial charge in [0.25, 0.3) is 0 Å². The summed E-state index contributed by atoms with van der Waals surface area (Å²) in [6, 6.07) is 2.18. The zero-order valence-electron chi connectivity index (χ0n) is 10.9. The lowest BCUT2D eigenvalue weighted by Gasteiger charge is -2.21. The minimum atomic E-state index is -0.897. The van der Waals surface area contributed by atoms with Crippen molar-refractivity contribution in [3.8, 4) is 0 Å². The zero-order valence-corrected chi connectivity index (χ0v) is 14.8. The van der Waals surface area contributed by atoms with Crippen LogP contribution in [-0.2, 0) is 6.54 Å². The summed E-state index contributed by atoms with van der Waals surface area (Å²) in [5.41, 5.74) is 6.02. The number of nitrogens with one attached hydrogen (secondary N) is 1. The number of rotatable bonds is 2. The molecule has 0 aliphatic carbocycles. The molecule has 0 atom stereocenters. The molecule has 3 nitrogen and oxygen atoms in total. The minimum Gasteiger partial charge on any atom is -0.370 e. The number of nitrogens with zero attached hydrogens (tertiary/aromatic N) is 1. The molecule has 0 bridgehead atoms. The van der Waals surface area contributed by atoms with Crippen molar-refractivity contribution in [2.75, 3.05) is 0 Å². The van der Waals surface area contributed by atoms with Crippen LogP contribution in [0.25, 0.3) is 0 Å². The van der Waals surface area contributed by atoms with Gasteiger partial charge in [0.2, 0.25) is 0 Å². The fraction of sp³-hybridized carbons (Fsp3) is 0.417. The molecule has 0 aliphatic heterocycles. The largest absolute Gasteiger partial charge is 0.370 e. The second-order valence-electron chi connectivity index (χ2n) is 4.93. The maximum atomic E-state index is 13.1. The third-order valence-electron chi connectivity index (χ3n) is 2.01. The minimum absolute atomic E-state index is 0. The summed E-state index contributed by atoms with van der Waals surface area (Å²) < 4.78 is 26.4. The Labute approximate surface area is 137 Å². The topological polar surface area (TPSA) is 50.4 Å². The van der Waals surface area contributed by atoms with Crippen LogP contribution in [0.2, 0.25) is 0 Å². The van der Waals surface area contributed by atoms with Crippen molar-refractivity contribution in [2.24, 2.45) is 10.7 Å². The van der Waals surface area contributed by atoms with Crippen LogP contribution in [0.1, 0.15) is 26.3 Å². The Morgan fingerprint density at radius 1 is 1.32 bits per heavy atom. The number of hydrogen-bond acceptors (Lipinski definition) is 1. The van der Waals surface area contributed by atoms with E-state index in [-0.39, 0.29) is 42.0 Å². The van der Waals surface area contributed by atoms with Gasteiger partial charge in [-0.3, -0.25) is 0 Å². The summed E-state index contributed by atoms with van der Waals surface area (Å²) in [6.07, 6.45) is 0. The number of hydrogen-bond donors (Lipinski definition) is 2. The average Bonchev–Trinajstić information content (AvgIpc) is 2.19. The molecule has 0 saturated carbocycles. The molecular formula is C12H17BrF2IN3. The van der Waals surface area contributed by atoms with Crippen molar-refractivity contribution < 1.29 is 8.78 Å². The second-order valence-corrected chi connectivity index (χ2v) is 5.79. The summed E-state index contributed by atoms with van der Waals surface area (Å²) in [5, 5.41) is 2.98. The van der Waals surface area contributed by atoms with E-state index in [1.807, 2.05) is 20.8 Å². The SMILES string of the molecule is CC(C)(C)NC(N)=NCc1cc(F)c(F)cc1Br.I. The summed E-state index contributed by atoms with van der Waals surface area (Å²) in [6.45, 7) is 6.02. The van der Waals surface area contributed by atoms with E-state index in [9.17, 15) is 8.78 Å². The first-order chi connectivity index (χ1) is 8.19. The molecule has 0 unspecified atom stereocenters. The average molecular weight is 448 g/mol. The Hall–Kier alpha value is -0.440. The van der Waals surface area contributed by atoms with Crippen LogP contribution in [0.4, 0.5) is 8.78 Å². The monoisotopic (exact) mass is 447 g/mol. The smallest absolute Gasteiger partial charge is 0.189 e. The van der Waals surface area contributed by atoms with Gasteiger partial charge in [-0.15, -0.1) is 24.0 Å². The molecule has 0 radical (unpaired) electrons. The van der Waals surface area contributed by atoms with Crippen molar-refractivity contribution in [2.45, 2.75) is 32.9 Å². The van der Waals surface area contributed by atoms with Gasteiger partial charge in [-0.25, -0.2) is 13.8 Å². The van der Waals surface area contributed by atoms with E-state index in [4.69, 9.17) is 5.73 Å². The third-order valence-corrected chi connectivity index (χ3v) is 2.75. The van der Waals surface area contributed by atoms with Gasteiger partial charge in [0.15, 0.2) is 17.6 Å². The third kappa shape index (κ3) is 6.51. The Kier molecular flexibility index (Phi) is 7.20. The molecule has 0 aliphatic rings. The Morgan fingerprint density at radius 2 is 1.84 bits per heavy atom. The van der Waals surface area contributed by atoms with Crippen LogP contribution in [0.15, 0.2) is 21.6 Å². The first-order valence-electron chi connectivity index (χ1n) is 5.40. The molecule has 7 heteroatoms. The molecule has 0 amide bonds. The first kappa shape index (κ1) is 18.6. The first-order valence-corrected chi connectivity index (χ1v) is 6.20. The molecule has 0 saturated heterocycles. The van der Waals surface area contributed by atoms with E-state index in [0.29, 0.717) is 10.0 Å². The zero-order chi connectivity index (χ0) is 13.9. The molecule has 0 spiro atoms. The molecule has 3 N–H and O–H groups in total. The highest BCUT2D eigenvalue weighted by molar-refractivity contribution is 14.0. The van der Waals surface area contributed by atoms with Crippen molar-refractivity contribution >= 4 is 45.9 Å². The summed E-state index contributed by atoms with van der Waals surface area (Å²) >= 11 is 3.16. The number of halogens is 4. The fourth-order valence-electron chi connectivity index (χ4n) is 1.28. The van der Waals surface area contributed by atoms with Crippen LogP contribution in [0.3, 0.4) is 0 Å². The molecule has 0 heterocycles. The predicted molar refractivity (Wildman–Crippen MR) is 87.7 cm³/mol. The highest BCUT2D eigenvalue weighted by Crippen LogP contribution is 2.21. The lowest BCUT2D eigenvalue weighted by atomic mass is 10.1. The molecule has 19 heavy (non-hydrogen) atoms. The Bertz CT molecular complexity index is 473. The summed E-state index contributed by atoms with van der Waals surface area (Å²) in [7, 11) is 0. The van der Waals surface area contributed by atoms with Crippen molar-refractivity contribution in [1.82, 2.24) is 5.32 Å². The number of guanidine groups is 1. The lowest BCUT2D eigenvalue weighted by molar-refractivity contribution is 0.505. The number of nitrogens with two attached hydrogens (primary N) is 1. The maximum Gasteiger partial charge on any atom is 0.189 e. The van der Waals surface area contributed by atoms with E-state index in [1.165, 1.54) is 0 Å². The molecular weight excluding hydrogens is 431 g/mol. The van der Waals surface area contributed by atoms with E-state index in [0.717, 1.165) is 12.1 Å². The molecule has 0 aromatic heterocycles. The van der Waals surface area contributed by atoms with Crippen LogP contribution >= 0.6 is 39.9 Å². The van der Waals surface area contributed by atoms with Crippen molar-refractivity contribution in [1.29, 1.82) is 0 Å². The van der Waals surface area contributed by atoms with E-state index >= 15 is 0 Å². The molecule has 0 fully saturated rings. The van der Waals surface area contributed by atoms with Gasteiger partial charge in [0, 0.05) is 10.0 Å². The van der Waals surface area contributed by atoms with Gasteiger partial charge in [0.1, 0.15) is 0 Å². The van der Waals surface area contributed by atoms with Crippen molar-refractivity contribution in [3.05, 3.63) is 33.8 Å². The molecule has 108 valence electrons. The molecule has 1 aromatic rings. The lowest BCUT2D eigenvalue weighted by Crippen LogP contribution is -2.44. The Balaban J connectivity index is 0.00000324. The van der Waals surface area contributed by atoms with Gasteiger partial charge < -0.3 is 11.1 Å². The highest BCUT2D eigenvalue weighted by Gasteiger charge is 2.11. The number of benzene rings is 1. The van der Waals surface area contributed by atoms with E-state index in [2.05, 4.69) is 26.2 Å². The number of aliphatic imine (C=N–C) groups is 1. The fourth-order valence-corrected chi connectivity index (χ4v) is 1.72. The standard InChI is InChI=1S/C12H16BrF2N3.HI/c1-12(2,3)18-11(16)17-6-7-4-9(14)10(15)5-8(7)13;/h4-5H,6H2,1-3H3,(H3,16,17,18);1H. The normalized spacial score (nSPS) is 12.0. The predicted octanol–water partition coefficient (Wildman–Crippen LogP) is 3.55. The summed E-state index contributed by atoms with van der Waals surface area (Å²) in [5.74, 6) is -1.53. The molecule has 1 aromatic carbocycles. The van der Waals surface area contributed by atoms with E-state index < -0.39 is 11.6 Å². The van der Waals surface area contributed by atoms with Crippen LogP contribution in [0.5, 0.6) is 0 Å². The van der Waals surface area contributed by atoms with Gasteiger partial charge in [-0.2, -0.15) is 0 Å². The van der Waals surface area contributed by atoms with Crippen LogP contribution in [-0.4, -0.2) is 11.5 Å². The second kappa shape index (κ2) is 7.37. The molecule has 1 rings (SSSR count). The highest BCUT2D eigenvalue weighted by atomic mass is 127. The van der Waals surface area contributed by atoms with Crippen LogP contribution in [0, 0.1) is 11.6 Å². The quantitative estimate of drug-likeness (QED) is 0.315.